The van der Waals surface area contributed by atoms with Gasteiger partial charge in [0.2, 0.25) is 0 Å². The minimum absolute atomic E-state index is 0.724. The first-order chi connectivity index (χ1) is 5.26. The quantitative estimate of drug-likeness (QED) is 0.680. The fourth-order valence-corrected chi connectivity index (χ4v) is 1.55. The van der Waals surface area contributed by atoms with Crippen LogP contribution in [0.2, 0.25) is 5.02 Å². The highest BCUT2D eigenvalue weighted by Gasteiger charge is 1.96. The number of thiol groups is 2. The molecule has 0 unspecified atom stereocenters. The van der Waals surface area contributed by atoms with Crippen LogP contribution in [0.15, 0.2) is 18.2 Å². The number of hydrogen-bond acceptors (Lipinski definition) is 2. The van der Waals surface area contributed by atoms with E-state index in [9.17, 15) is 0 Å². The first-order valence-electron chi connectivity index (χ1n) is 3.26. The van der Waals surface area contributed by atoms with Crippen LogP contribution in [0.1, 0.15) is 11.1 Å². The summed E-state index contributed by atoms with van der Waals surface area (Å²) in [4.78, 5) is 0. The Balaban J connectivity index is 3.02. The first kappa shape index (κ1) is 9.30. The van der Waals surface area contributed by atoms with Gasteiger partial charge in [0.25, 0.3) is 0 Å². The van der Waals surface area contributed by atoms with Gasteiger partial charge >= 0.3 is 0 Å². The van der Waals surface area contributed by atoms with Gasteiger partial charge in [-0.05, 0) is 23.3 Å². The van der Waals surface area contributed by atoms with Gasteiger partial charge in [-0.3, -0.25) is 0 Å². The Labute approximate surface area is 82.8 Å². The van der Waals surface area contributed by atoms with E-state index in [4.69, 9.17) is 11.6 Å². The maximum Gasteiger partial charge on any atom is 0.0412 e. The van der Waals surface area contributed by atoms with Crippen molar-refractivity contribution in [3.63, 3.8) is 0 Å². The predicted octanol–water partition coefficient (Wildman–Crippen LogP) is 3.20. The molecule has 0 fully saturated rings. The number of halogens is 1. The summed E-state index contributed by atoms with van der Waals surface area (Å²) in [6.07, 6.45) is 0. The molecular weight excluding hydrogens is 196 g/mol. The highest BCUT2D eigenvalue weighted by atomic mass is 35.5. The summed E-state index contributed by atoms with van der Waals surface area (Å²) in [6.45, 7) is 0. The van der Waals surface area contributed by atoms with Gasteiger partial charge in [-0.2, -0.15) is 25.3 Å². The molecule has 0 aliphatic carbocycles. The van der Waals surface area contributed by atoms with Gasteiger partial charge in [-0.25, -0.2) is 0 Å². The molecule has 0 aliphatic rings. The van der Waals surface area contributed by atoms with Crippen LogP contribution in [0.25, 0.3) is 0 Å². The average molecular weight is 205 g/mol. The molecule has 0 bridgehead atoms. The van der Waals surface area contributed by atoms with Gasteiger partial charge in [0.05, 0.1) is 0 Å². The van der Waals surface area contributed by atoms with Crippen LogP contribution in [0.5, 0.6) is 0 Å². The van der Waals surface area contributed by atoms with Crippen LogP contribution in [-0.4, -0.2) is 0 Å². The third-order valence-corrected chi connectivity index (χ3v) is 2.33. The lowest BCUT2D eigenvalue weighted by atomic mass is 10.2. The molecule has 11 heavy (non-hydrogen) atoms. The molecule has 0 nitrogen and oxygen atoms in total. The van der Waals surface area contributed by atoms with Crippen LogP contribution < -0.4 is 0 Å². The molecule has 0 spiro atoms. The number of hydrogen-bond donors (Lipinski definition) is 2. The van der Waals surface area contributed by atoms with Crippen molar-refractivity contribution < 1.29 is 0 Å². The molecule has 0 aromatic heterocycles. The largest absolute Gasteiger partial charge is 0.175 e. The Morgan fingerprint density at radius 1 is 1.00 bits per heavy atom. The molecule has 0 amide bonds. The van der Waals surface area contributed by atoms with Gasteiger partial charge in [0.1, 0.15) is 0 Å². The van der Waals surface area contributed by atoms with E-state index < -0.39 is 0 Å². The van der Waals surface area contributed by atoms with Gasteiger partial charge in [0.15, 0.2) is 0 Å². The second kappa shape index (κ2) is 4.29. The van der Waals surface area contributed by atoms with E-state index in [0.717, 1.165) is 27.7 Å². The van der Waals surface area contributed by atoms with Crippen LogP contribution in [0, 0.1) is 0 Å². The van der Waals surface area contributed by atoms with Crippen LogP contribution in [-0.2, 0) is 11.5 Å². The minimum Gasteiger partial charge on any atom is -0.175 e. The lowest BCUT2D eigenvalue weighted by Crippen LogP contribution is -1.83. The minimum atomic E-state index is 0.724. The fourth-order valence-electron chi connectivity index (χ4n) is 0.900. The molecule has 0 atom stereocenters. The molecule has 0 heterocycles. The van der Waals surface area contributed by atoms with Gasteiger partial charge in [-0.1, -0.05) is 17.7 Å². The highest BCUT2D eigenvalue weighted by Crippen LogP contribution is 2.17. The van der Waals surface area contributed by atoms with E-state index in [1.807, 2.05) is 12.1 Å². The zero-order valence-electron chi connectivity index (χ0n) is 5.92. The third kappa shape index (κ3) is 2.62. The maximum absolute atomic E-state index is 5.84. The maximum atomic E-state index is 5.84. The summed E-state index contributed by atoms with van der Waals surface area (Å²) in [7, 11) is 0. The SMILES string of the molecule is SCc1cc(Cl)cc(CS)c1. The Bertz CT molecular complexity index is 226. The van der Waals surface area contributed by atoms with E-state index in [1.165, 1.54) is 0 Å². The zero-order chi connectivity index (χ0) is 8.27. The summed E-state index contributed by atoms with van der Waals surface area (Å²) in [5.41, 5.74) is 2.29. The van der Waals surface area contributed by atoms with Crippen molar-refractivity contribution in [2.75, 3.05) is 0 Å². The molecule has 0 saturated carbocycles. The molecule has 0 N–H and O–H groups in total. The average Bonchev–Trinajstić information content (AvgIpc) is 2.03. The fraction of sp³-hybridized carbons (Fsp3) is 0.250. The van der Waals surface area contributed by atoms with Crippen molar-refractivity contribution in [3.05, 3.63) is 34.3 Å². The molecule has 0 radical (unpaired) electrons. The van der Waals surface area contributed by atoms with Crippen LogP contribution in [0.3, 0.4) is 0 Å². The smallest absolute Gasteiger partial charge is 0.0412 e. The number of rotatable bonds is 2. The van der Waals surface area contributed by atoms with E-state index in [2.05, 4.69) is 31.3 Å². The van der Waals surface area contributed by atoms with Gasteiger partial charge < -0.3 is 0 Å². The predicted molar refractivity (Wildman–Crippen MR) is 56.8 cm³/mol. The van der Waals surface area contributed by atoms with Crippen LogP contribution in [0.4, 0.5) is 0 Å². The summed E-state index contributed by atoms with van der Waals surface area (Å²) in [5, 5.41) is 0.764. The standard InChI is InChI=1S/C8H9ClS2/c9-8-2-6(4-10)1-7(3-8)5-11/h1-3,10-11H,4-5H2. The first-order valence-corrected chi connectivity index (χ1v) is 4.90. The second-order valence-electron chi connectivity index (χ2n) is 2.28. The Morgan fingerprint density at radius 2 is 1.45 bits per heavy atom. The number of benzene rings is 1. The molecule has 60 valence electrons. The molecule has 0 aliphatic heterocycles. The van der Waals surface area contributed by atoms with Crippen LogP contribution >= 0.6 is 36.9 Å². The Kier molecular flexibility index (Phi) is 3.63. The zero-order valence-corrected chi connectivity index (χ0v) is 8.46. The van der Waals surface area contributed by atoms with E-state index in [-0.39, 0.29) is 0 Å². The summed E-state index contributed by atoms with van der Waals surface area (Å²) in [6, 6.07) is 5.90. The topological polar surface area (TPSA) is 0 Å². The summed E-state index contributed by atoms with van der Waals surface area (Å²) < 4.78 is 0. The normalized spacial score (nSPS) is 10.1. The van der Waals surface area contributed by atoms with E-state index in [1.54, 1.807) is 0 Å². The van der Waals surface area contributed by atoms with E-state index >= 15 is 0 Å². The van der Waals surface area contributed by atoms with Crippen molar-refractivity contribution in [2.45, 2.75) is 11.5 Å². The lowest BCUT2D eigenvalue weighted by Gasteiger charge is -2.01. The van der Waals surface area contributed by atoms with Gasteiger partial charge in [0, 0.05) is 16.5 Å². The van der Waals surface area contributed by atoms with Crippen molar-refractivity contribution >= 4 is 36.9 Å². The third-order valence-electron chi connectivity index (χ3n) is 1.38. The van der Waals surface area contributed by atoms with Crippen molar-refractivity contribution in [1.82, 2.24) is 0 Å². The Hall–Kier alpha value is 0.210. The molecular formula is C8H9ClS2. The van der Waals surface area contributed by atoms with Crippen molar-refractivity contribution in [3.8, 4) is 0 Å². The highest BCUT2D eigenvalue weighted by molar-refractivity contribution is 7.79. The molecule has 0 saturated heterocycles. The Morgan fingerprint density at radius 3 is 1.82 bits per heavy atom. The van der Waals surface area contributed by atoms with Crippen molar-refractivity contribution in [1.29, 1.82) is 0 Å². The molecule has 1 aromatic carbocycles. The second-order valence-corrected chi connectivity index (χ2v) is 3.35. The van der Waals surface area contributed by atoms with Gasteiger partial charge in [-0.15, -0.1) is 0 Å². The molecule has 1 aromatic rings. The monoisotopic (exact) mass is 204 g/mol. The van der Waals surface area contributed by atoms with E-state index in [0.29, 0.717) is 0 Å². The summed E-state index contributed by atoms with van der Waals surface area (Å²) in [5.74, 6) is 1.45. The van der Waals surface area contributed by atoms with Crippen molar-refractivity contribution in [2.24, 2.45) is 0 Å². The summed E-state index contributed by atoms with van der Waals surface area (Å²) >= 11 is 14.2. The lowest BCUT2D eigenvalue weighted by molar-refractivity contribution is 1.34. The molecule has 1 rings (SSSR count). The molecule has 3 heteroatoms.